The van der Waals surface area contributed by atoms with Gasteiger partial charge in [-0.2, -0.15) is 0 Å². The zero-order valence-electron chi connectivity index (χ0n) is 12.1. The molecule has 12 heteroatoms. The van der Waals surface area contributed by atoms with Gasteiger partial charge in [-0.25, -0.2) is 9.78 Å². The molecule has 1 aliphatic rings. The van der Waals surface area contributed by atoms with Crippen molar-refractivity contribution in [3.05, 3.63) is 29.7 Å². The minimum atomic E-state index is -1.42. The molecule has 139 valence electrons. The number of aromatic nitrogens is 2. The summed E-state index contributed by atoms with van der Waals surface area (Å²) in [5.41, 5.74) is 6.00. The summed E-state index contributed by atoms with van der Waals surface area (Å²) in [5.74, 6) is -3.78. The van der Waals surface area contributed by atoms with Crippen LogP contribution in [0.4, 0.5) is 0 Å². The third-order valence-electron chi connectivity index (χ3n) is 2.79. The Morgan fingerprint density at radius 1 is 1.46 bits per heavy atom. The Balaban J connectivity index is 0.000000425. The van der Waals surface area contributed by atoms with Crippen molar-refractivity contribution < 1.29 is 62.2 Å². The summed E-state index contributed by atoms with van der Waals surface area (Å²) in [6.07, 6.45) is 0.559. The van der Waals surface area contributed by atoms with Gasteiger partial charge in [0.1, 0.15) is 12.1 Å². The number of carbonyl (C=O) groups is 2. The van der Waals surface area contributed by atoms with Crippen LogP contribution in [0.3, 0.4) is 0 Å². The summed E-state index contributed by atoms with van der Waals surface area (Å²) >= 11 is 0. The fraction of sp³-hybridized carbons (Fsp3) is 0.417. The van der Waals surface area contributed by atoms with Crippen LogP contribution >= 0.6 is 0 Å². The number of nitrogens with one attached hydrogen (secondary N) is 1. The maximum atomic E-state index is 10.5. The van der Waals surface area contributed by atoms with E-state index in [1.807, 2.05) is 0 Å². The van der Waals surface area contributed by atoms with E-state index in [4.69, 9.17) is 31.3 Å². The maximum Gasteiger partial charge on any atom is 0.377 e. The van der Waals surface area contributed by atoms with Crippen molar-refractivity contribution in [1.29, 1.82) is 0 Å². The number of hydrogen-bond acceptors (Lipinski definition) is 9. The molecule has 24 heavy (non-hydrogen) atoms. The number of H-pyrrole nitrogens is 1. The van der Waals surface area contributed by atoms with Gasteiger partial charge in [0.05, 0.1) is 12.9 Å². The number of nitrogens with zero attached hydrogens (tertiary/aromatic N) is 1. The average molecular weight is 528 g/mol. The normalized spacial score (nSPS) is 18.8. The van der Waals surface area contributed by atoms with E-state index in [0.717, 1.165) is 5.69 Å². The van der Waals surface area contributed by atoms with Gasteiger partial charge in [-0.05, 0) is 0 Å². The Hall–Kier alpha value is -1.89. The Kier molecular flexibility index (Phi) is 9.28. The molecular weight excluding hydrogens is 511 g/mol. The van der Waals surface area contributed by atoms with Crippen LogP contribution in [0.1, 0.15) is 5.69 Å². The Labute approximate surface area is 151 Å². The number of nitrogens with two attached hydrogens (primary N) is 1. The first-order chi connectivity index (χ1) is 10.8. The number of carboxylic acid groups (broad SMARTS) is 1. The molecule has 2 heterocycles. The van der Waals surface area contributed by atoms with Gasteiger partial charge < -0.3 is 41.0 Å². The molecule has 0 spiro atoms. The summed E-state index contributed by atoms with van der Waals surface area (Å²) < 4.78 is 4.32. The summed E-state index contributed by atoms with van der Waals surface area (Å²) in [5, 5.41) is 43.5. The fourth-order valence-corrected chi connectivity index (χ4v) is 1.54. The van der Waals surface area contributed by atoms with E-state index in [-0.39, 0.29) is 28.8 Å². The second-order valence-electron chi connectivity index (χ2n) is 4.54. The quantitative estimate of drug-likeness (QED) is 0.165. The van der Waals surface area contributed by atoms with Crippen LogP contribution in [-0.4, -0.2) is 72.3 Å². The first-order valence-corrected chi connectivity index (χ1v) is 6.35. The molecule has 0 saturated carbocycles. The number of aliphatic hydroxyl groups is 4. The van der Waals surface area contributed by atoms with Crippen molar-refractivity contribution >= 4 is 11.9 Å². The monoisotopic (exact) mass is 528 g/mol. The molecule has 0 fully saturated rings. The molecule has 1 radical (unpaired) electrons. The number of cyclic esters (lactones) is 1. The van der Waals surface area contributed by atoms with Gasteiger partial charge in [-0.3, -0.25) is 4.79 Å². The first-order valence-electron chi connectivity index (χ1n) is 6.35. The Bertz CT molecular complexity index is 577. The predicted molar refractivity (Wildman–Crippen MR) is 73.2 cm³/mol. The number of carboxylic acids is 1. The van der Waals surface area contributed by atoms with E-state index < -0.39 is 48.3 Å². The summed E-state index contributed by atoms with van der Waals surface area (Å²) in [6.45, 7) is -0.671. The van der Waals surface area contributed by atoms with Crippen LogP contribution in [0.25, 0.3) is 0 Å². The Morgan fingerprint density at radius 3 is 2.46 bits per heavy atom. The molecular formula is C12H17AuN3O8. The van der Waals surface area contributed by atoms with E-state index in [0.29, 0.717) is 0 Å². The number of rotatable bonds is 5. The molecule has 0 bridgehead atoms. The number of carbonyl (C=O) groups excluding carboxylic acids is 1. The van der Waals surface area contributed by atoms with Crippen molar-refractivity contribution in [3.8, 4) is 0 Å². The summed E-state index contributed by atoms with van der Waals surface area (Å²) in [7, 11) is 0. The second-order valence-corrected chi connectivity index (χ2v) is 4.54. The van der Waals surface area contributed by atoms with Crippen molar-refractivity contribution in [2.45, 2.75) is 24.7 Å². The van der Waals surface area contributed by atoms with E-state index in [9.17, 15) is 9.59 Å². The van der Waals surface area contributed by atoms with Crippen molar-refractivity contribution in [2.24, 2.45) is 5.73 Å². The van der Waals surface area contributed by atoms with E-state index in [1.165, 1.54) is 6.33 Å². The van der Waals surface area contributed by atoms with Crippen LogP contribution in [0.5, 0.6) is 0 Å². The molecule has 2 rings (SSSR count). The van der Waals surface area contributed by atoms with Gasteiger partial charge in [0.25, 0.3) is 0 Å². The molecule has 3 atom stereocenters. The minimum Gasteiger partial charge on any atom is -0.505 e. The molecule has 8 N–H and O–H groups in total. The third kappa shape index (κ3) is 5.96. The smallest absolute Gasteiger partial charge is 0.377 e. The standard InChI is InChI=1S/C6H9N3O2.C6H8O6.Au/c7-5(6(10)11)1-4-2-8-3-9-4;7-1-2(8)5-3(9)4(10)6(11)12-5;/h2-3,5H,1,7H2,(H,8,9)(H,10,11);2,5,7-10H,1H2;/t5-;2-,5+;/m00./s1. The minimum absolute atomic E-state index is 0. The predicted octanol–water partition coefficient (Wildman–Crippen LogP) is -2.05. The number of aliphatic hydroxyl groups excluding tert-OH is 4. The molecule has 0 saturated heterocycles. The van der Waals surface area contributed by atoms with Crippen LogP contribution in [-0.2, 0) is 43.1 Å². The van der Waals surface area contributed by atoms with Gasteiger partial charge in [0.2, 0.25) is 5.76 Å². The van der Waals surface area contributed by atoms with E-state index in [1.54, 1.807) is 6.20 Å². The fourth-order valence-electron chi connectivity index (χ4n) is 1.54. The Morgan fingerprint density at radius 2 is 2.08 bits per heavy atom. The van der Waals surface area contributed by atoms with Crippen LogP contribution < -0.4 is 5.73 Å². The average Bonchev–Trinajstić information content (AvgIpc) is 3.11. The largest absolute Gasteiger partial charge is 0.505 e. The number of imidazole rings is 1. The SMILES string of the molecule is N[C@@H](Cc1cnc[nH]1)C(=O)O.O=C1O[C@H]([C@@H](O)CO)C(O)=C1O.[Au]. The number of hydrogen-bond donors (Lipinski definition) is 7. The van der Waals surface area contributed by atoms with E-state index >= 15 is 0 Å². The van der Waals surface area contributed by atoms with Crippen molar-refractivity contribution in [3.63, 3.8) is 0 Å². The van der Waals surface area contributed by atoms with Crippen LogP contribution in [0, 0.1) is 0 Å². The molecule has 0 aliphatic carbocycles. The summed E-state index contributed by atoms with van der Waals surface area (Å²) in [4.78, 5) is 27.3. The topological polar surface area (TPSA) is 199 Å². The molecule has 0 unspecified atom stereocenters. The van der Waals surface area contributed by atoms with Crippen LogP contribution in [0.2, 0.25) is 0 Å². The van der Waals surface area contributed by atoms with Crippen molar-refractivity contribution in [2.75, 3.05) is 6.61 Å². The molecule has 1 aliphatic heterocycles. The number of ether oxygens (including phenoxy) is 1. The number of esters is 1. The molecule has 1 aromatic rings. The maximum absolute atomic E-state index is 10.5. The van der Waals surface area contributed by atoms with E-state index in [2.05, 4.69) is 14.7 Å². The summed E-state index contributed by atoms with van der Waals surface area (Å²) in [6, 6.07) is -0.851. The molecule has 11 nitrogen and oxygen atoms in total. The zero-order chi connectivity index (χ0) is 17.6. The number of aliphatic carboxylic acids is 1. The van der Waals surface area contributed by atoms with Gasteiger partial charge in [-0.1, -0.05) is 0 Å². The van der Waals surface area contributed by atoms with Gasteiger partial charge in [0, 0.05) is 40.7 Å². The van der Waals surface area contributed by atoms with Gasteiger partial charge in [-0.15, -0.1) is 0 Å². The second kappa shape index (κ2) is 10.1. The first kappa shape index (κ1) is 22.1. The molecule has 0 amide bonds. The van der Waals surface area contributed by atoms with Crippen molar-refractivity contribution in [1.82, 2.24) is 9.97 Å². The number of aromatic amines is 1. The van der Waals surface area contributed by atoms with Crippen LogP contribution in [0.15, 0.2) is 24.0 Å². The van der Waals surface area contributed by atoms with Gasteiger partial charge in [0.15, 0.2) is 11.9 Å². The molecule has 0 aromatic carbocycles. The zero-order valence-corrected chi connectivity index (χ0v) is 14.3. The third-order valence-corrected chi connectivity index (χ3v) is 2.79. The van der Waals surface area contributed by atoms with Gasteiger partial charge >= 0.3 is 11.9 Å². The molecule has 1 aromatic heterocycles.